The fraction of sp³-hybridized carbons (Fsp3) is 0.304. The Morgan fingerprint density at radius 1 is 1.03 bits per heavy atom. The minimum absolute atomic E-state index is 0.0345. The summed E-state index contributed by atoms with van der Waals surface area (Å²) >= 11 is 0. The number of nitrogens with one attached hydrogen (secondary N) is 1. The zero-order chi connectivity index (χ0) is 20.1. The molecule has 4 rings (SSSR count). The molecule has 6 nitrogen and oxygen atoms in total. The van der Waals surface area contributed by atoms with Crippen LogP contribution >= 0.6 is 0 Å². The highest BCUT2D eigenvalue weighted by molar-refractivity contribution is 5.99. The Morgan fingerprint density at radius 2 is 1.76 bits per heavy atom. The predicted molar refractivity (Wildman–Crippen MR) is 113 cm³/mol. The summed E-state index contributed by atoms with van der Waals surface area (Å²) in [4.78, 5) is 17.4. The summed E-state index contributed by atoms with van der Waals surface area (Å²) in [6.07, 6.45) is 2.67. The summed E-state index contributed by atoms with van der Waals surface area (Å²) in [5.74, 6) is 0.819. The lowest BCUT2D eigenvalue weighted by atomic mass is 10.1. The van der Waals surface area contributed by atoms with Gasteiger partial charge >= 0.3 is 0 Å². The van der Waals surface area contributed by atoms with E-state index in [4.69, 9.17) is 4.74 Å². The molecule has 1 aromatic heterocycles. The van der Waals surface area contributed by atoms with Crippen LogP contribution in [0.15, 0.2) is 60.8 Å². The van der Waals surface area contributed by atoms with E-state index < -0.39 is 0 Å². The molecule has 150 valence electrons. The van der Waals surface area contributed by atoms with Crippen LogP contribution in [0, 0.1) is 0 Å². The molecule has 0 unspecified atom stereocenters. The Hall–Kier alpha value is -3.12. The van der Waals surface area contributed by atoms with Crippen molar-refractivity contribution in [2.24, 2.45) is 0 Å². The van der Waals surface area contributed by atoms with Gasteiger partial charge in [-0.15, -0.1) is 0 Å². The van der Waals surface area contributed by atoms with Crippen molar-refractivity contribution in [3.63, 3.8) is 0 Å². The molecule has 2 heterocycles. The van der Waals surface area contributed by atoms with Crippen LogP contribution < -0.4 is 4.74 Å². The summed E-state index contributed by atoms with van der Waals surface area (Å²) in [5, 5.41) is 7.10. The van der Waals surface area contributed by atoms with Gasteiger partial charge in [-0.3, -0.25) is 14.8 Å². The molecule has 29 heavy (non-hydrogen) atoms. The lowest BCUT2D eigenvalue weighted by Crippen LogP contribution is -2.49. The maximum absolute atomic E-state index is 13.1. The van der Waals surface area contributed by atoms with E-state index in [9.17, 15) is 4.79 Å². The predicted octanol–water partition coefficient (Wildman–Crippen LogP) is 3.09. The third-order valence-electron chi connectivity index (χ3n) is 5.47. The van der Waals surface area contributed by atoms with E-state index in [2.05, 4.69) is 39.4 Å². The third kappa shape index (κ3) is 4.49. The standard InChI is InChI=1S/C23H26N4O2/c1-29-20-9-7-19(8-10-20)22-21(17-24-25-22)23(28)27-15-13-26(14-16-27)12-11-18-5-3-2-4-6-18/h2-10,17H,11-16H2,1H3,(H,24,25). The maximum Gasteiger partial charge on any atom is 0.257 e. The topological polar surface area (TPSA) is 61.5 Å². The van der Waals surface area contributed by atoms with Crippen molar-refractivity contribution in [1.82, 2.24) is 20.0 Å². The first-order chi connectivity index (χ1) is 14.2. The van der Waals surface area contributed by atoms with E-state index in [1.807, 2.05) is 35.2 Å². The van der Waals surface area contributed by atoms with E-state index in [0.717, 1.165) is 56.2 Å². The fourth-order valence-corrected chi connectivity index (χ4v) is 3.70. The summed E-state index contributed by atoms with van der Waals surface area (Å²) in [6.45, 7) is 4.29. The van der Waals surface area contributed by atoms with Crippen LogP contribution in [0.1, 0.15) is 15.9 Å². The molecule has 6 heteroatoms. The van der Waals surface area contributed by atoms with Gasteiger partial charge in [0.05, 0.1) is 24.6 Å². The molecule has 1 N–H and O–H groups in total. The number of aromatic amines is 1. The van der Waals surface area contributed by atoms with Gasteiger partial charge in [0.2, 0.25) is 0 Å². The van der Waals surface area contributed by atoms with Crippen LogP contribution in [0.3, 0.4) is 0 Å². The summed E-state index contributed by atoms with van der Waals surface area (Å²) < 4.78 is 5.21. The molecule has 0 aliphatic carbocycles. The number of aromatic nitrogens is 2. The number of benzene rings is 2. The number of nitrogens with zero attached hydrogens (tertiary/aromatic N) is 3. The van der Waals surface area contributed by atoms with Gasteiger partial charge in [0.15, 0.2) is 0 Å². The molecular formula is C23H26N4O2. The second kappa shape index (κ2) is 8.92. The van der Waals surface area contributed by atoms with Gasteiger partial charge in [0, 0.05) is 38.3 Å². The Morgan fingerprint density at radius 3 is 2.45 bits per heavy atom. The zero-order valence-electron chi connectivity index (χ0n) is 16.7. The molecule has 0 radical (unpaired) electrons. The average Bonchev–Trinajstić information content (AvgIpc) is 3.28. The first kappa shape index (κ1) is 19.2. The largest absolute Gasteiger partial charge is 0.497 e. The molecule has 1 saturated heterocycles. The molecule has 0 saturated carbocycles. The number of ether oxygens (including phenoxy) is 1. The molecule has 0 atom stereocenters. The number of amides is 1. The van der Waals surface area contributed by atoms with E-state index in [-0.39, 0.29) is 5.91 Å². The first-order valence-corrected chi connectivity index (χ1v) is 9.98. The van der Waals surface area contributed by atoms with Gasteiger partial charge in [-0.05, 0) is 36.2 Å². The van der Waals surface area contributed by atoms with Gasteiger partial charge in [-0.25, -0.2) is 0 Å². The van der Waals surface area contributed by atoms with E-state index >= 15 is 0 Å². The molecular weight excluding hydrogens is 364 g/mol. The monoisotopic (exact) mass is 390 g/mol. The van der Waals surface area contributed by atoms with Crippen molar-refractivity contribution in [2.75, 3.05) is 39.8 Å². The van der Waals surface area contributed by atoms with Crippen molar-refractivity contribution in [3.8, 4) is 17.0 Å². The highest BCUT2D eigenvalue weighted by Crippen LogP contribution is 2.25. The fourth-order valence-electron chi connectivity index (χ4n) is 3.70. The van der Waals surface area contributed by atoms with Crippen molar-refractivity contribution in [2.45, 2.75) is 6.42 Å². The van der Waals surface area contributed by atoms with Crippen molar-refractivity contribution in [1.29, 1.82) is 0 Å². The van der Waals surface area contributed by atoms with Gasteiger partial charge in [-0.1, -0.05) is 30.3 Å². The van der Waals surface area contributed by atoms with Crippen LogP contribution in [0.2, 0.25) is 0 Å². The lowest BCUT2D eigenvalue weighted by Gasteiger charge is -2.34. The number of rotatable bonds is 6. The van der Waals surface area contributed by atoms with Crippen LogP contribution in [0.25, 0.3) is 11.3 Å². The molecule has 0 spiro atoms. The number of hydrogen-bond acceptors (Lipinski definition) is 4. The van der Waals surface area contributed by atoms with E-state index in [0.29, 0.717) is 5.56 Å². The number of carbonyl (C=O) groups excluding carboxylic acids is 1. The molecule has 3 aromatic rings. The molecule has 1 fully saturated rings. The highest BCUT2D eigenvalue weighted by Gasteiger charge is 2.25. The minimum Gasteiger partial charge on any atom is -0.497 e. The quantitative estimate of drug-likeness (QED) is 0.703. The maximum atomic E-state index is 13.1. The normalized spacial score (nSPS) is 14.7. The van der Waals surface area contributed by atoms with Crippen LogP contribution in [0.4, 0.5) is 0 Å². The van der Waals surface area contributed by atoms with Gasteiger partial charge in [-0.2, -0.15) is 5.10 Å². The highest BCUT2D eigenvalue weighted by atomic mass is 16.5. The van der Waals surface area contributed by atoms with Crippen molar-refractivity contribution < 1.29 is 9.53 Å². The summed E-state index contributed by atoms with van der Waals surface area (Å²) in [7, 11) is 1.64. The van der Waals surface area contributed by atoms with E-state index in [1.165, 1.54) is 5.56 Å². The Kier molecular flexibility index (Phi) is 5.91. The van der Waals surface area contributed by atoms with Crippen LogP contribution in [0.5, 0.6) is 5.75 Å². The number of H-pyrrole nitrogens is 1. The minimum atomic E-state index is 0.0345. The number of methoxy groups -OCH3 is 1. The van der Waals surface area contributed by atoms with Gasteiger partial charge in [0.1, 0.15) is 5.75 Å². The van der Waals surface area contributed by atoms with Gasteiger partial charge < -0.3 is 9.64 Å². The smallest absolute Gasteiger partial charge is 0.257 e. The average molecular weight is 390 g/mol. The van der Waals surface area contributed by atoms with E-state index in [1.54, 1.807) is 13.3 Å². The number of piperazine rings is 1. The van der Waals surface area contributed by atoms with Gasteiger partial charge in [0.25, 0.3) is 5.91 Å². The summed E-state index contributed by atoms with van der Waals surface area (Å²) in [6, 6.07) is 18.2. The molecule has 1 aliphatic heterocycles. The second-order valence-corrected chi connectivity index (χ2v) is 7.26. The first-order valence-electron chi connectivity index (χ1n) is 9.98. The lowest BCUT2D eigenvalue weighted by molar-refractivity contribution is 0.0639. The zero-order valence-corrected chi connectivity index (χ0v) is 16.7. The molecule has 0 bridgehead atoms. The Balaban J connectivity index is 1.36. The second-order valence-electron chi connectivity index (χ2n) is 7.26. The third-order valence-corrected chi connectivity index (χ3v) is 5.47. The SMILES string of the molecule is COc1ccc(-c2[nH]ncc2C(=O)N2CCN(CCc3ccccc3)CC2)cc1. The molecule has 2 aromatic carbocycles. The van der Waals surface area contributed by atoms with Crippen LogP contribution in [-0.2, 0) is 6.42 Å². The van der Waals surface area contributed by atoms with Crippen molar-refractivity contribution >= 4 is 5.91 Å². The molecule has 1 aliphatic rings. The van der Waals surface area contributed by atoms with Crippen molar-refractivity contribution in [3.05, 3.63) is 71.9 Å². The molecule has 1 amide bonds. The van der Waals surface area contributed by atoms with Crippen LogP contribution in [-0.4, -0.2) is 65.7 Å². The summed E-state index contributed by atoms with van der Waals surface area (Å²) in [5.41, 5.74) is 3.65. The Labute approximate surface area is 171 Å². The Bertz CT molecular complexity index is 929. The number of carbonyl (C=O) groups is 1. The number of hydrogen-bond donors (Lipinski definition) is 1.